The molecule has 0 unspecified atom stereocenters. The Morgan fingerprint density at radius 1 is 0.333 bits per heavy atom. The quantitative estimate of drug-likeness (QED) is 0.168. The van der Waals surface area contributed by atoms with Crippen LogP contribution in [0.4, 0.5) is 0 Å². The summed E-state index contributed by atoms with van der Waals surface area (Å²) in [6.07, 6.45) is 0. The molecule has 0 fully saturated rings. The molecule has 12 rings (SSSR count). The fraction of sp³-hybridized carbons (Fsp3) is 0. The summed E-state index contributed by atoms with van der Waals surface area (Å²) in [6.45, 7) is 0. The van der Waals surface area contributed by atoms with Crippen molar-refractivity contribution in [2.75, 3.05) is 0 Å². The summed E-state index contributed by atoms with van der Waals surface area (Å²) < 4.78 is 8.84. The minimum atomic E-state index is 0.595. The van der Waals surface area contributed by atoms with E-state index in [1.54, 1.807) is 11.3 Å². The van der Waals surface area contributed by atoms with E-state index in [1.165, 1.54) is 20.2 Å². The van der Waals surface area contributed by atoms with Gasteiger partial charge in [-0.05, 0) is 28.8 Å². The van der Waals surface area contributed by atoms with Gasteiger partial charge in [-0.2, -0.15) is 0 Å². The first-order valence-corrected chi connectivity index (χ1v) is 20.8. The summed E-state index contributed by atoms with van der Waals surface area (Å²) in [5, 5.41) is 5.74. The van der Waals surface area contributed by atoms with Gasteiger partial charge in [0.15, 0.2) is 17.5 Å². The van der Waals surface area contributed by atoms with E-state index in [2.05, 4.69) is 164 Å². The van der Waals surface area contributed by atoms with Crippen LogP contribution in [0.3, 0.4) is 0 Å². The van der Waals surface area contributed by atoms with Gasteiger partial charge in [0.05, 0.1) is 15.9 Å². The first-order valence-electron chi connectivity index (χ1n) is 20.0. The molecule has 0 aliphatic heterocycles. The van der Waals surface area contributed by atoms with E-state index in [1.807, 2.05) is 30.3 Å². The van der Waals surface area contributed by atoms with Gasteiger partial charge >= 0.3 is 0 Å². The molecule has 0 atom stereocenters. The fourth-order valence-electron chi connectivity index (χ4n) is 8.46. The zero-order valence-electron chi connectivity index (χ0n) is 32.1. The Labute approximate surface area is 348 Å². The Morgan fingerprint density at radius 3 is 1.63 bits per heavy atom. The van der Waals surface area contributed by atoms with Crippen LogP contribution in [-0.4, -0.2) is 19.9 Å². The van der Waals surface area contributed by atoms with Gasteiger partial charge in [0, 0.05) is 59.4 Å². The topological polar surface area (TPSA) is 64.7 Å². The molecular formula is C54H32N4OS. The highest BCUT2D eigenvalue weighted by Gasteiger charge is 2.19. The molecule has 5 nitrogen and oxygen atoms in total. The SMILES string of the molecule is c1ccc(-c2ccccc2-c2nc(-c3ccc(-c4nc5c6ccccc6sc5c5ccccc45)cc3)nc(-c3ccc(-c4cccc5c4oc4ccccc45)cc3)n2)cc1. The monoisotopic (exact) mass is 784 g/mol. The molecule has 0 bridgehead atoms. The number of hydrogen-bond donors (Lipinski definition) is 0. The minimum Gasteiger partial charge on any atom is -0.455 e. The summed E-state index contributed by atoms with van der Waals surface area (Å²) in [4.78, 5) is 20.8. The van der Waals surface area contributed by atoms with Crippen molar-refractivity contribution in [3.8, 4) is 67.7 Å². The molecule has 0 amide bonds. The van der Waals surface area contributed by atoms with Gasteiger partial charge in [-0.1, -0.05) is 182 Å². The molecule has 4 heterocycles. The summed E-state index contributed by atoms with van der Waals surface area (Å²) in [5.41, 5.74) is 11.8. The van der Waals surface area contributed by atoms with Gasteiger partial charge in [0.25, 0.3) is 0 Å². The zero-order chi connectivity index (χ0) is 39.6. The van der Waals surface area contributed by atoms with Gasteiger partial charge in [0.1, 0.15) is 11.2 Å². The lowest BCUT2D eigenvalue weighted by Gasteiger charge is -2.13. The second-order valence-electron chi connectivity index (χ2n) is 14.9. The maximum absolute atomic E-state index is 6.38. The van der Waals surface area contributed by atoms with Crippen LogP contribution in [0.15, 0.2) is 199 Å². The second-order valence-corrected chi connectivity index (χ2v) is 16.0. The summed E-state index contributed by atoms with van der Waals surface area (Å²) in [5.74, 6) is 1.80. The lowest BCUT2D eigenvalue weighted by Crippen LogP contribution is -2.01. The normalized spacial score (nSPS) is 11.7. The van der Waals surface area contributed by atoms with Crippen molar-refractivity contribution < 1.29 is 4.42 Å². The molecular weight excluding hydrogens is 753 g/mol. The molecule has 60 heavy (non-hydrogen) atoms. The van der Waals surface area contributed by atoms with Crippen LogP contribution in [-0.2, 0) is 0 Å². The van der Waals surface area contributed by atoms with Crippen molar-refractivity contribution in [1.82, 2.24) is 19.9 Å². The highest BCUT2D eigenvalue weighted by atomic mass is 32.1. The Morgan fingerprint density at radius 2 is 0.867 bits per heavy atom. The van der Waals surface area contributed by atoms with E-state index in [0.717, 1.165) is 83.0 Å². The number of para-hydroxylation sites is 2. The second kappa shape index (κ2) is 13.9. The Bertz CT molecular complexity index is 3590. The number of aromatic nitrogens is 4. The predicted octanol–water partition coefficient (Wildman–Crippen LogP) is 14.7. The van der Waals surface area contributed by atoms with Crippen LogP contribution < -0.4 is 0 Å². The third-order valence-corrected chi connectivity index (χ3v) is 12.6. The van der Waals surface area contributed by atoms with E-state index >= 15 is 0 Å². The van der Waals surface area contributed by atoms with Gasteiger partial charge in [-0.3, -0.25) is 0 Å². The van der Waals surface area contributed by atoms with E-state index in [0.29, 0.717) is 17.5 Å². The zero-order valence-corrected chi connectivity index (χ0v) is 32.9. The largest absolute Gasteiger partial charge is 0.455 e. The van der Waals surface area contributed by atoms with Crippen LogP contribution in [0.1, 0.15) is 0 Å². The number of hydrogen-bond acceptors (Lipinski definition) is 6. The number of furan rings is 1. The highest BCUT2D eigenvalue weighted by Crippen LogP contribution is 2.41. The van der Waals surface area contributed by atoms with Crippen LogP contribution in [0.25, 0.3) is 121 Å². The predicted molar refractivity (Wildman–Crippen MR) is 248 cm³/mol. The van der Waals surface area contributed by atoms with Crippen molar-refractivity contribution in [3.05, 3.63) is 194 Å². The van der Waals surface area contributed by atoms with Gasteiger partial charge in [-0.25, -0.2) is 19.9 Å². The highest BCUT2D eigenvalue weighted by molar-refractivity contribution is 7.26. The molecule has 0 aliphatic carbocycles. The van der Waals surface area contributed by atoms with Crippen LogP contribution in [0, 0.1) is 0 Å². The standard InChI is InChI=1S/C54H32N4OS/c1-2-13-33(14-3-1)38-15-4-7-19-44(38)54-57-52(36-29-25-34(26-30-36)39-21-12-22-42-40-16-8-10-23-46(40)59-50(39)42)56-53(58-54)37-31-27-35(28-32-37)48-41-17-5-6-18-43(41)51-49(55-48)45-20-9-11-24-47(45)60-51/h1-32H. The van der Waals surface area contributed by atoms with Crippen molar-refractivity contribution in [2.24, 2.45) is 0 Å². The van der Waals surface area contributed by atoms with Crippen LogP contribution in [0.5, 0.6) is 0 Å². The summed E-state index contributed by atoms with van der Waals surface area (Å²) >= 11 is 1.80. The molecule has 0 radical (unpaired) electrons. The van der Waals surface area contributed by atoms with E-state index in [9.17, 15) is 0 Å². The Balaban J connectivity index is 0.984. The van der Waals surface area contributed by atoms with Gasteiger partial charge in [-0.15, -0.1) is 11.3 Å². The third-order valence-electron chi connectivity index (χ3n) is 11.4. The molecule has 0 N–H and O–H groups in total. The van der Waals surface area contributed by atoms with E-state index in [-0.39, 0.29) is 0 Å². The first-order chi connectivity index (χ1) is 29.7. The average molecular weight is 785 g/mol. The number of fused-ring (bicyclic) bond motifs is 8. The molecule has 0 spiro atoms. The molecule has 0 aliphatic rings. The van der Waals surface area contributed by atoms with Gasteiger partial charge in [0.2, 0.25) is 0 Å². The third kappa shape index (κ3) is 5.69. The molecule has 0 saturated heterocycles. The summed E-state index contributed by atoms with van der Waals surface area (Å²) in [7, 11) is 0. The summed E-state index contributed by atoms with van der Waals surface area (Å²) in [6, 6.07) is 67.2. The fourth-order valence-corrected chi connectivity index (χ4v) is 9.64. The number of pyridine rings is 1. The van der Waals surface area contributed by atoms with Crippen molar-refractivity contribution in [2.45, 2.75) is 0 Å². The van der Waals surface area contributed by atoms with Crippen molar-refractivity contribution >= 4 is 64.4 Å². The molecule has 8 aromatic carbocycles. The van der Waals surface area contributed by atoms with Crippen LogP contribution >= 0.6 is 11.3 Å². The Hall–Kier alpha value is -7.80. The lowest BCUT2D eigenvalue weighted by atomic mass is 9.99. The Kier molecular flexibility index (Phi) is 7.96. The molecule has 12 aromatic rings. The smallest absolute Gasteiger partial charge is 0.164 e. The van der Waals surface area contributed by atoms with Crippen molar-refractivity contribution in [1.29, 1.82) is 0 Å². The average Bonchev–Trinajstić information content (AvgIpc) is 3.90. The maximum Gasteiger partial charge on any atom is 0.164 e. The van der Waals surface area contributed by atoms with Crippen LogP contribution in [0.2, 0.25) is 0 Å². The molecule has 6 heteroatoms. The van der Waals surface area contributed by atoms with Gasteiger partial charge < -0.3 is 4.42 Å². The lowest BCUT2D eigenvalue weighted by molar-refractivity contribution is 0.670. The van der Waals surface area contributed by atoms with E-state index < -0.39 is 0 Å². The number of thiophene rings is 1. The number of benzene rings is 8. The maximum atomic E-state index is 6.38. The number of nitrogens with zero attached hydrogens (tertiary/aromatic N) is 4. The molecule has 280 valence electrons. The minimum absolute atomic E-state index is 0.595. The molecule has 0 saturated carbocycles. The first kappa shape index (κ1) is 34.3. The molecule has 4 aromatic heterocycles. The van der Waals surface area contributed by atoms with Crippen molar-refractivity contribution in [3.63, 3.8) is 0 Å². The number of rotatable bonds is 6. The van der Waals surface area contributed by atoms with E-state index in [4.69, 9.17) is 24.4 Å².